The van der Waals surface area contributed by atoms with E-state index in [2.05, 4.69) is 30.9 Å². The highest BCUT2D eigenvalue weighted by Crippen LogP contribution is 2.09. The lowest BCUT2D eigenvalue weighted by molar-refractivity contribution is -0.148. The second-order valence-electron chi connectivity index (χ2n) is 18.6. The molecule has 0 aromatic heterocycles. The third-order valence-electron chi connectivity index (χ3n) is 11.3. The molecule has 492 valence electrons. The monoisotopic (exact) mass is 1260 g/mol. The van der Waals surface area contributed by atoms with Crippen molar-refractivity contribution in [2.45, 2.75) is 137 Å². The molecule has 0 fully saturated rings. The lowest BCUT2D eigenvalue weighted by atomic mass is 10.0. The molecule has 10 unspecified atom stereocenters. The summed E-state index contributed by atoms with van der Waals surface area (Å²) in [5.74, 6) is -27.1. The first-order valence-corrected chi connectivity index (χ1v) is 25.8. The first-order valence-electron chi connectivity index (χ1n) is 25.8. The van der Waals surface area contributed by atoms with Gasteiger partial charge >= 0.3 is 41.8 Å². The number of nitrogens with two attached hydrogens (primary N) is 7. The van der Waals surface area contributed by atoms with Crippen LogP contribution < -0.4 is 88.0 Å². The van der Waals surface area contributed by atoms with Gasteiger partial charge in [-0.25, -0.2) is 4.79 Å². The van der Waals surface area contributed by atoms with Crippen molar-refractivity contribution in [2.24, 2.45) is 55.1 Å². The van der Waals surface area contributed by atoms with Crippen molar-refractivity contribution in [3.05, 3.63) is 0 Å². The number of aliphatic imine (C=N–C) groups is 3. The Morgan fingerprint density at radius 2 is 0.500 bits per heavy atom. The summed E-state index contributed by atoms with van der Waals surface area (Å²) in [4.78, 5) is 215. The Kier molecular flexibility index (Phi) is 34.9. The number of carbonyl (C=O) groups is 16. The molecule has 9 amide bonds. The summed E-state index contributed by atoms with van der Waals surface area (Å²) < 4.78 is 0. The first kappa shape index (κ1) is 77.2. The first-order chi connectivity index (χ1) is 41.0. The van der Waals surface area contributed by atoms with Crippen LogP contribution in [0.5, 0.6) is 0 Å². The highest BCUT2D eigenvalue weighted by Gasteiger charge is 2.38. The van der Waals surface area contributed by atoms with Gasteiger partial charge in [0.2, 0.25) is 53.2 Å². The number of guanidine groups is 3. The molecule has 0 saturated heterocycles. The topological polar surface area (TPSA) is 762 Å². The molecule has 0 bridgehead atoms. The zero-order valence-corrected chi connectivity index (χ0v) is 46.6. The number of aliphatic hydroxyl groups is 1. The number of aliphatic carboxylic acids is 7. The van der Waals surface area contributed by atoms with E-state index in [1.807, 2.05) is 5.32 Å². The number of carboxylic acids is 7. The van der Waals surface area contributed by atoms with Gasteiger partial charge < -0.3 is 129 Å². The molecule has 31 N–H and O–H groups in total. The molecule has 0 aliphatic rings. The quantitative estimate of drug-likeness (QED) is 0.0153. The second-order valence-corrected chi connectivity index (χ2v) is 18.6. The van der Waals surface area contributed by atoms with E-state index < -0.39 is 200 Å². The summed E-state index contributed by atoms with van der Waals surface area (Å²) in [6, 6.07) is -20.7. The molecule has 0 aliphatic carbocycles. The molecule has 43 heteroatoms. The molecule has 0 rings (SSSR count). The minimum absolute atomic E-state index is 0.0233. The van der Waals surface area contributed by atoms with Crippen LogP contribution in [-0.4, -0.2) is 240 Å². The van der Waals surface area contributed by atoms with Crippen molar-refractivity contribution in [1.82, 2.24) is 47.9 Å². The lowest BCUT2D eigenvalue weighted by Gasteiger charge is -2.27. The number of hydrogen-bond acceptors (Lipinski definition) is 21. The standard InChI is InChI=1S/C45H73N19O24/c46-17(4-1-7-53-43(47)48)33(78)56-18(5-2-8-54-44(49)50)34(79)57-19(6-3-9-55-45(51)52)35(80)58-20(10-27(66)67)36(81)59-21(11-28(68)69)37(82)61-24(14-31(74)75)40(85)64-26(16-65)41(86)62-22(12-29(70)71)38(83)60-23(13-30(72)73)39(84)63-25(42(87)88)15-32(76)77/h17-26,65H,1-16,46H2,(H,56,78)(H,57,79)(H,58,80)(H,59,81)(H,60,83)(H,61,82)(H,62,86)(H,63,84)(H,64,85)(H,66,67)(H,68,69)(H,70,71)(H,72,73)(H,74,75)(H,76,77)(H,87,88)(H4,47,48,53)(H4,49,50,54)(H4,51,52,55). The van der Waals surface area contributed by atoms with Crippen LogP contribution in [-0.2, 0) is 76.7 Å². The summed E-state index contributed by atoms with van der Waals surface area (Å²) in [6.07, 6.45) is -8.60. The number of nitrogens with one attached hydrogen (secondary N) is 9. The Bertz CT molecular complexity index is 2640. The maximum absolute atomic E-state index is 14.0. The van der Waals surface area contributed by atoms with Gasteiger partial charge in [-0.15, -0.1) is 0 Å². The summed E-state index contributed by atoms with van der Waals surface area (Å²) in [6.45, 7) is -1.63. The van der Waals surface area contributed by atoms with Crippen molar-refractivity contribution in [3.63, 3.8) is 0 Å². The van der Waals surface area contributed by atoms with Crippen LogP contribution in [0.2, 0.25) is 0 Å². The van der Waals surface area contributed by atoms with Crippen molar-refractivity contribution in [1.29, 1.82) is 0 Å². The zero-order valence-electron chi connectivity index (χ0n) is 46.6. The van der Waals surface area contributed by atoms with Gasteiger partial charge in [0.05, 0.1) is 51.2 Å². The minimum atomic E-state index is -2.41. The van der Waals surface area contributed by atoms with Crippen molar-refractivity contribution in [2.75, 3.05) is 26.2 Å². The van der Waals surface area contributed by atoms with E-state index in [-0.39, 0.29) is 76.0 Å². The Labute approximate surface area is 496 Å². The van der Waals surface area contributed by atoms with E-state index in [0.717, 1.165) is 0 Å². The lowest BCUT2D eigenvalue weighted by Crippen LogP contribution is -2.61. The van der Waals surface area contributed by atoms with Crippen LogP contribution >= 0.6 is 0 Å². The Hall–Kier alpha value is -10.7. The van der Waals surface area contributed by atoms with Crippen molar-refractivity contribution < 1.29 is 118 Å². The van der Waals surface area contributed by atoms with Gasteiger partial charge in [0.1, 0.15) is 54.4 Å². The average Bonchev–Trinajstić information content (AvgIpc) is 3.58. The molecule has 0 aromatic rings. The summed E-state index contributed by atoms with van der Waals surface area (Å²) in [7, 11) is 0. The Morgan fingerprint density at radius 1 is 0.295 bits per heavy atom. The Morgan fingerprint density at radius 3 is 0.750 bits per heavy atom. The summed E-state index contributed by atoms with van der Waals surface area (Å²) in [5.41, 5.74) is 38.2. The minimum Gasteiger partial charge on any atom is -0.481 e. The molecule has 0 aliphatic heterocycles. The smallest absolute Gasteiger partial charge is 0.326 e. The number of aliphatic hydroxyl groups excluding tert-OH is 1. The molecule has 0 aromatic carbocycles. The van der Waals surface area contributed by atoms with Crippen LogP contribution in [0.4, 0.5) is 0 Å². The predicted octanol–water partition coefficient (Wildman–Crippen LogP) is -12.2. The van der Waals surface area contributed by atoms with E-state index in [1.165, 1.54) is 0 Å². The van der Waals surface area contributed by atoms with E-state index in [9.17, 15) is 112 Å². The van der Waals surface area contributed by atoms with Crippen LogP contribution in [0.3, 0.4) is 0 Å². The summed E-state index contributed by atoms with van der Waals surface area (Å²) in [5, 5.41) is 93.6. The molecule has 0 radical (unpaired) electrons. The fourth-order valence-corrected chi connectivity index (χ4v) is 7.14. The third-order valence-corrected chi connectivity index (χ3v) is 11.3. The fourth-order valence-electron chi connectivity index (χ4n) is 7.14. The largest absolute Gasteiger partial charge is 0.481 e. The van der Waals surface area contributed by atoms with Gasteiger partial charge in [-0.1, -0.05) is 0 Å². The van der Waals surface area contributed by atoms with E-state index in [4.69, 9.17) is 45.2 Å². The average molecular weight is 1260 g/mol. The number of hydrogen-bond donors (Lipinski definition) is 24. The molecule has 0 saturated carbocycles. The normalized spacial score (nSPS) is 14.0. The number of carboxylic acid groups (broad SMARTS) is 7. The summed E-state index contributed by atoms with van der Waals surface area (Å²) >= 11 is 0. The van der Waals surface area contributed by atoms with Crippen molar-refractivity contribution >= 4 is 113 Å². The molecule has 10 atom stereocenters. The maximum atomic E-state index is 14.0. The van der Waals surface area contributed by atoms with Crippen LogP contribution in [0, 0.1) is 0 Å². The second kappa shape index (κ2) is 39.7. The van der Waals surface area contributed by atoms with Crippen molar-refractivity contribution in [3.8, 4) is 0 Å². The van der Waals surface area contributed by atoms with E-state index >= 15 is 0 Å². The molecule has 0 heterocycles. The zero-order chi connectivity index (χ0) is 67.5. The highest BCUT2D eigenvalue weighted by molar-refractivity contribution is 6.01. The van der Waals surface area contributed by atoms with Crippen LogP contribution in [0.15, 0.2) is 15.0 Å². The van der Waals surface area contributed by atoms with Gasteiger partial charge in [-0.3, -0.25) is 86.9 Å². The van der Waals surface area contributed by atoms with Gasteiger partial charge in [0, 0.05) is 19.6 Å². The fraction of sp³-hybridized carbons (Fsp3) is 0.578. The number of rotatable bonds is 44. The molecule has 43 nitrogen and oxygen atoms in total. The molecule has 0 spiro atoms. The Balaban J connectivity index is 6.89. The third kappa shape index (κ3) is 32.9. The van der Waals surface area contributed by atoms with E-state index in [1.54, 1.807) is 26.6 Å². The highest BCUT2D eigenvalue weighted by atomic mass is 16.4. The number of carbonyl (C=O) groups excluding carboxylic acids is 9. The molecular formula is C45H73N19O24. The number of nitrogens with zero attached hydrogens (tertiary/aromatic N) is 3. The van der Waals surface area contributed by atoms with Gasteiger partial charge in [0.25, 0.3) is 0 Å². The van der Waals surface area contributed by atoms with Gasteiger partial charge in [-0.05, 0) is 38.5 Å². The number of amides is 9. The molecular weight excluding hydrogens is 1190 g/mol. The van der Waals surface area contributed by atoms with Gasteiger partial charge in [-0.2, -0.15) is 0 Å². The van der Waals surface area contributed by atoms with Crippen LogP contribution in [0.25, 0.3) is 0 Å². The molecule has 88 heavy (non-hydrogen) atoms. The predicted molar refractivity (Wildman–Crippen MR) is 293 cm³/mol. The maximum Gasteiger partial charge on any atom is 0.326 e. The van der Waals surface area contributed by atoms with E-state index in [0.29, 0.717) is 0 Å². The van der Waals surface area contributed by atoms with Gasteiger partial charge in [0.15, 0.2) is 17.9 Å². The SMILES string of the molecule is NC(N)=NCCCC(N)C(=O)NC(CCCN=C(N)N)C(=O)NC(CCCN=C(N)N)C(=O)NC(CC(=O)O)C(=O)NC(CC(=O)O)C(=O)NC(CC(=O)O)C(=O)NC(CO)C(=O)NC(CC(=O)O)C(=O)NC(CC(=O)O)C(=O)NC(CC(=O)O)C(=O)O. The van der Waals surface area contributed by atoms with Crippen LogP contribution in [0.1, 0.15) is 77.0 Å².